The highest BCUT2D eigenvalue weighted by molar-refractivity contribution is 6.20. The van der Waals surface area contributed by atoms with Crippen molar-refractivity contribution < 1.29 is 14.6 Å². The average molecular weight is 272 g/mol. The Morgan fingerprint density at radius 1 is 1.56 bits per heavy atom. The average Bonchev–Trinajstić information content (AvgIpc) is 2.34. The van der Waals surface area contributed by atoms with Gasteiger partial charge in [-0.1, -0.05) is 0 Å². The molecule has 0 radical (unpaired) electrons. The van der Waals surface area contributed by atoms with Crippen LogP contribution in [0.4, 0.5) is 0 Å². The maximum atomic E-state index is 12.0. The molecule has 1 atom stereocenters. The Morgan fingerprint density at radius 2 is 2.22 bits per heavy atom. The highest BCUT2D eigenvalue weighted by atomic mass is 35.5. The third kappa shape index (κ3) is 3.81. The van der Waals surface area contributed by atoms with Crippen molar-refractivity contribution in [3.05, 3.63) is 23.8 Å². The number of alkyl halides is 1. The van der Waals surface area contributed by atoms with Gasteiger partial charge in [0, 0.05) is 24.5 Å². The molecule has 0 heterocycles. The molecule has 1 aromatic carbocycles. The summed E-state index contributed by atoms with van der Waals surface area (Å²) in [7, 11) is 3.17. The van der Waals surface area contributed by atoms with E-state index in [4.69, 9.17) is 16.3 Å². The molecule has 0 bridgehead atoms. The summed E-state index contributed by atoms with van der Waals surface area (Å²) in [5.74, 6) is 0.163. The number of carbonyl (C=O) groups excluding carboxylic acids is 1. The van der Waals surface area contributed by atoms with E-state index in [1.165, 1.54) is 13.2 Å². The van der Waals surface area contributed by atoms with E-state index in [1.54, 1.807) is 24.1 Å². The predicted octanol–water partition coefficient (Wildman–Crippen LogP) is 2.49. The van der Waals surface area contributed by atoms with Gasteiger partial charge in [0.2, 0.25) is 0 Å². The van der Waals surface area contributed by atoms with Gasteiger partial charge in [-0.3, -0.25) is 4.79 Å². The number of aromatic hydroxyl groups is 1. The van der Waals surface area contributed by atoms with E-state index in [2.05, 4.69) is 0 Å². The lowest BCUT2D eigenvalue weighted by Gasteiger charge is -2.18. The van der Waals surface area contributed by atoms with Crippen molar-refractivity contribution in [2.24, 2.45) is 0 Å². The zero-order valence-corrected chi connectivity index (χ0v) is 11.6. The normalized spacial score (nSPS) is 12.0. The van der Waals surface area contributed by atoms with Crippen LogP contribution in [0.5, 0.6) is 11.5 Å². The molecule has 0 saturated heterocycles. The molecule has 0 aliphatic heterocycles. The molecule has 0 spiro atoms. The van der Waals surface area contributed by atoms with Crippen LogP contribution in [0.25, 0.3) is 0 Å². The second kappa shape index (κ2) is 6.50. The minimum absolute atomic E-state index is 0.0320. The van der Waals surface area contributed by atoms with E-state index in [0.717, 1.165) is 6.42 Å². The molecule has 18 heavy (non-hydrogen) atoms. The molecule has 5 heteroatoms. The van der Waals surface area contributed by atoms with Crippen molar-refractivity contribution in [2.75, 3.05) is 20.7 Å². The number of nitrogens with zero attached hydrogens (tertiary/aromatic N) is 1. The number of ether oxygens (including phenoxy) is 1. The highest BCUT2D eigenvalue weighted by Crippen LogP contribution is 2.26. The van der Waals surface area contributed by atoms with Crippen LogP contribution < -0.4 is 4.74 Å². The number of carbonyl (C=O) groups is 1. The summed E-state index contributed by atoms with van der Waals surface area (Å²) in [6, 6.07) is 4.60. The quantitative estimate of drug-likeness (QED) is 0.837. The maximum absolute atomic E-state index is 12.0. The lowest BCUT2D eigenvalue weighted by atomic mass is 10.1. The third-order valence-corrected chi connectivity index (χ3v) is 2.85. The van der Waals surface area contributed by atoms with E-state index < -0.39 is 0 Å². The van der Waals surface area contributed by atoms with Gasteiger partial charge in [-0.2, -0.15) is 0 Å². The molecule has 1 aromatic rings. The van der Waals surface area contributed by atoms with Crippen LogP contribution in [0.15, 0.2) is 18.2 Å². The topological polar surface area (TPSA) is 49.8 Å². The zero-order valence-electron chi connectivity index (χ0n) is 10.8. The molecule has 0 aromatic heterocycles. The van der Waals surface area contributed by atoms with Crippen LogP contribution in [0.3, 0.4) is 0 Å². The smallest absolute Gasteiger partial charge is 0.253 e. The number of amides is 1. The number of methoxy groups -OCH3 is 1. The predicted molar refractivity (Wildman–Crippen MR) is 71.6 cm³/mol. The molecule has 4 nitrogen and oxygen atoms in total. The Kier molecular flexibility index (Phi) is 5.28. The van der Waals surface area contributed by atoms with Gasteiger partial charge in [-0.05, 0) is 31.5 Å². The number of halogens is 1. The molecule has 1 N–H and O–H groups in total. The minimum atomic E-state index is -0.148. The summed E-state index contributed by atoms with van der Waals surface area (Å²) in [5.41, 5.74) is 0.429. The first kappa shape index (κ1) is 14.6. The molecule has 100 valence electrons. The SMILES string of the molecule is COc1ccc(C(=O)N(C)CCC(C)Cl)cc1O. The van der Waals surface area contributed by atoms with Crippen LogP contribution in [0.2, 0.25) is 0 Å². The summed E-state index contributed by atoms with van der Waals surface area (Å²) < 4.78 is 4.93. The number of hydrogen-bond acceptors (Lipinski definition) is 3. The fourth-order valence-corrected chi connectivity index (χ4v) is 1.61. The zero-order chi connectivity index (χ0) is 13.7. The van der Waals surface area contributed by atoms with E-state index in [1.807, 2.05) is 6.92 Å². The first-order valence-electron chi connectivity index (χ1n) is 5.72. The molecule has 0 saturated carbocycles. The van der Waals surface area contributed by atoms with Gasteiger partial charge in [-0.15, -0.1) is 11.6 Å². The van der Waals surface area contributed by atoms with Crippen LogP contribution in [0, 0.1) is 0 Å². The largest absolute Gasteiger partial charge is 0.504 e. The standard InChI is InChI=1S/C13H18ClNO3/c1-9(14)6-7-15(2)13(17)10-4-5-12(18-3)11(16)8-10/h4-5,8-9,16H,6-7H2,1-3H3. The summed E-state index contributed by atoms with van der Waals surface area (Å²) in [4.78, 5) is 13.6. The second-order valence-corrected chi connectivity index (χ2v) is 4.93. The molecular weight excluding hydrogens is 254 g/mol. The lowest BCUT2D eigenvalue weighted by molar-refractivity contribution is 0.0793. The monoisotopic (exact) mass is 271 g/mol. The summed E-state index contributed by atoms with van der Waals surface area (Å²) >= 11 is 5.84. The van der Waals surface area contributed by atoms with Crippen molar-refractivity contribution in [2.45, 2.75) is 18.7 Å². The Morgan fingerprint density at radius 3 is 2.72 bits per heavy atom. The van der Waals surface area contributed by atoms with E-state index in [9.17, 15) is 9.90 Å². The van der Waals surface area contributed by atoms with E-state index in [0.29, 0.717) is 17.9 Å². The van der Waals surface area contributed by atoms with Gasteiger partial charge in [-0.25, -0.2) is 0 Å². The molecule has 0 aliphatic carbocycles. The first-order chi connectivity index (χ1) is 8.45. The van der Waals surface area contributed by atoms with Gasteiger partial charge >= 0.3 is 0 Å². The Balaban J connectivity index is 2.74. The Bertz CT molecular complexity index is 421. The molecule has 0 fully saturated rings. The van der Waals surface area contributed by atoms with Gasteiger partial charge in [0.15, 0.2) is 11.5 Å². The van der Waals surface area contributed by atoms with Crippen molar-refractivity contribution in [3.8, 4) is 11.5 Å². The van der Waals surface area contributed by atoms with Crippen molar-refractivity contribution >= 4 is 17.5 Å². The van der Waals surface area contributed by atoms with Crippen molar-refractivity contribution in [1.29, 1.82) is 0 Å². The fraction of sp³-hybridized carbons (Fsp3) is 0.462. The summed E-state index contributed by atoms with van der Waals surface area (Å²) in [6.45, 7) is 2.47. The molecular formula is C13H18ClNO3. The van der Waals surface area contributed by atoms with Crippen molar-refractivity contribution in [1.82, 2.24) is 4.90 Å². The summed E-state index contributed by atoms with van der Waals surface area (Å²) in [5, 5.41) is 9.66. The Labute approximate surface area is 112 Å². The van der Waals surface area contributed by atoms with Crippen LogP contribution in [0.1, 0.15) is 23.7 Å². The number of phenolic OH excluding ortho intramolecular Hbond substituents is 1. The fourth-order valence-electron chi connectivity index (χ4n) is 1.52. The molecule has 0 aliphatic rings. The van der Waals surface area contributed by atoms with Gasteiger partial charge in [0.1, 0.15) is 0 Å². The third-order valence-electron chi connectivity index (χ3n) is 2.63. The lowest BCUT2D eigenvalue weighted by Crippen LogP contribution is -2.28. The minimum Gasteiger partial charge on any atom is -0.504 e. The maximum Gasteiger partial charge on any atom is 0.253 e. The van der Waals surface area contributed by atoms with Crippen molar-refractivity contribution in [3.63, 3.8) is 0 Å². The molecule has 1 rings (SSSR count). The number of rotatable bonds is 5. The number of benzene rings is 1. The molecule has 1 amide bonds. The highest BCUT2D eigenvalue weighted by Gasteiger charge is 2.14. The van der Waals surface area contributed by atoms with Gasteiger partial charge in [0.25, 0.3) is 5.91 Å². The van der Waals surface area contributed by atoms with Gasteiger partial charge < -0.3 is 14.7 Å². The van der Waals surface area contributed by atoms with Crippen LogP contribution in [-0.4, -0.2) is 42.0 Å². The first-order valence-corrected chi connectivity index (χ1v) is 6.16. The second-order valence-electron chi connectivity index (χ2n) is 4.18. The Hall–Kier alpha value is -1.42. The number of phenols is 1. The number of hydrogen-bond donors (Lipinski definition) is 1. The van der Waals surface area contributed by atoms with E-state index in [-0.39, 0.29) is 17.0 Å². The van der Waals surface area contributed by atoms with E-state index >= 15 is 0 Å². The van der Waals surface area contributed by atoms with Crippen LogP contribution in [-0.2, 0) is 0 Å². The summed E-state index contributed by atoms with van der Waals surface area (Å²) in [6.07, 6.45) is 0.728. The van der Waals surface area contributed by atoms with Crippen LogP contribution >= 0.6 is 11.6 Å². The van der Waals surface area contributed by atoms with Gasteiger partial charge in [0.05, 0.1) is 7.11 Å². The molecule has 1 unspecified atom stereocenters.